The molecule has 0 spiro atoms. The smallest absolute Gasteiger partial charge is 0.250 e. The highest BCUT2D eigenvalue weighted by atomic mass is 19.1. The van der Waals surface area contributed by atoms with E-state index in [0.29, 0.717) is 12.2 Å². The van der Waals surface area contributed by atoms with E-state index >= 15 is 0 Å². The first kappa shape index (κ1) is 15.9. The molecule has 5 heteroatoms. The van der Waals surface area contributed by atoms with Crippen LogP contribution in [0.1, 0.15) is 23.9 Å². The van der Waals surface area contributed by atoms with Gasteiger partial charge < -0.3 is 4.90 Å². The molecule has 22 heavy (non-hydrogen) atoms. The topological polar surface area (TPSA) is 38.1 Å². The van der Waals surface area contributed by atoms with Crippen LogP contribution in [0.2, 0.25) is 0 Å². The molecule has 1 heterocycles. The summed E-state index contributed by atoms with van der Waals surface area (Å²) in [7, 11) is 0. The van der Waals surface area contributed by atoms with Crippen LogP contribution in [0.5, 0.6) is 0 Å². The van der Waals surface area contributed by atoms with Gasteiger partial charge in [0.1, 0.15) is 5.82 Å². The number of amides is 1. The summed E-state index contributed by atoms with van der Waals surface area (Å²) in [5.74, 6) is -0.560. The largest absolute Gasteiger partial charge is 0.304 e. The quantitative estimate of drug-likeness (QED) is 0.794. The van der Waals surface area contributed by atoms with Crippen molar-refractivity contribution >= 4 is 11.6 Å². The Morgan fingerprint density at radius 3 is 2.50 bits per heavy atom. The zero-order chi connectivity index (χ0) is 16.3. The van der Waals surface area contributed by atoms with E-state index < -0.39 is 0 Å². The molecular weight excluding hydrogens is 281 g/mol. The van der Waals surface area contributed by atoms with E-state index in [-0.39, 0.29) is 11.7 Å². The van der Waals surface area contributed by atoms with Crippen LogP contribution in [0, 0.1) is 19.7 Å². The Morgan fingerprint density at radius 1 is 1.36 bits per heavy atom. The average Bonchev–Trinajstić information content (AvgIpc) is 2.79. The minimum absolute atomic E-state index is 0.227. The number of nitrogens with zero attached hydrogens (tertiary/aromatic N) is 3. The lowest BCUT2D eigenvalue weighted by molar-refractivity contribution is -0.114. The van der Waals surface area contributed by atoms with Gasteiger partial charge in [-0.1, -0.05) is 6.58 Å². The Kier molecular flexibility index (Phi) is 4.75. The fourth-order valence-corrected chi connectivity index (χ4v) is 2.46. The number of carbonyl (C=O) groups is 1. The molecule has 2 rings (SSSR count). The molecule has 0 bridgehead atoms. The number of hydrogen-bond donors (Lipinski definition) is 0. The molecule has 4 nitrogen and oxygen atoms in total. The van der Waals surface area contributed by atoms with Gasteiger partial charge in [-0.25, -0.2) is 4.39 Å². The Bertz CT molecular complexity index is 689. The van der Waals surface area contributed by atoms with Crippen molar-refractivity contribution in [3.05, 3.63) is 59.7 Å². The zero-order valence-corrected chi connectivity index (χ0v) is 13.1. The molecule has 0 aliphatic rings. The molecule has 0 aliphatic heterocycles. The van der Waals surface area contributed by atoms with E-state index in [2.05, 4.69) is 11.7 Å². The maximum absolute atomic E-state index is 13.1. The second-order valence-electron chi connectivity index (χ2n) is 5.07. The lowest BCUT2D eigenvalue weighted by atomic mass is 10.1. The monoisotopic (exact) mass is 301 g/mol. The van der Waals surface area contributed by atoms with Gasteiger partial charge >= 0.3 is 0 Å². The maximum atomic E-state index is 13.1. The number of anilines is 1. The van der Waals surface area contributed by atoms with Crippen molar-refractivity contribution in [3.63, 3.8) is 0 Å². The molecular formula is C17H20FN3O. The van der Waals surface area contributed by atoms with Gasteiger partial charge in [0.05, 0.1) is 12.2 Å². The number of benzene rings is 1. The predicted molar refractivity (Wildman–Crippen MR) is 85.2 cm³/mol. The number of rotatable bonds is 5. The molecule has 116 valence electrons. The van der Waals surface area contributed by atoms with Crippen LogP contribution in [-0.2, 0) is 17.9 Å². The summed E-state index contributed by atoms with van der Waals surface area (Å²) < 4.78 is 15.0. The second-order valence-corrected chi connectivity index (χ2v) is 5.07. The van der Waals surface area contributed by atoms with Gasteiger partial charge in [0, 0.05) is 23.5 Å². The standard InChI is InChI=1S/C17H20FN3O/c1-5-17(22)20(15-9-7-14(18)8-10-15)11-16-12(3)19-21(6-2)13(16)4/h5,7-10H,1,6,11H2,2-4H3. The van der Waals surface area contributed by atoms with Gasteiger partial charge in [-0.3, -0.25) is 9.48 Å². The minimum atomic E-state index is -0.332. The van der Waals surface area contributed by atoms with Crippen LogP contribution in [-0.4, -0.2) is 15.7 Å². The number of aromatic nitrogens is 2. The molecule has 1 amide bonds. The first-order chi connectivity index (χ1) is 10.5. The molecule has 0 unspecified atom stereocenters. The molecule has 0 radical (unpaired) electrons. The summed E-state index contributed by atoms with van der Waals surface area (Å²) in [6.45, 7) is 10.6. The van der Waals surface area contributed by atoms with Crippen molar-refractivity contribution in [2.75, 3.05) is 4.90 Å². The molecule has 0 N–H and O–H groups in total. The molecule has 1 aromatic heterocycles. The summed E-state index contributed by atoms with van der Waals surface area (Å²) in [4.78, 5) is 13.8. The summed E-state index contributed by atoms with van der Waals surface area (Å²) >= 11 is 0. The van der Waals surface area contributed by atoms with Crippen molar-refractivity contribution in [2.24, 2.45) is 0 Å². The highest BCUT2D eigenvalue weighted by molar-refractivity contribution is 6.00. The molecule has 0 fully saturated rings. The highest BCUT2D eigenvalue weighted by Crippen LogP contribution is 2.22. The SMILES string of the molecule is C=CC(=O)N(Cc1c(C)nn(CC)c1C)c1ccc(F)cc1. The Labute approximate surface area is 129 Å². The van der Waals surface area contributed by atoms with Crippen molar-refractivity contribution in [3.8, 4) is 0 Å². The third-order valence-corrected chi connectivity index (χ3v) is 3.73. The Hall–Kier alpha value is -2.43. The predicted octanol–water partition coefficient (Wildman–Crippen LogP) is 3.38. The summed E-state index contributed by atoms with van der Waals surface area (Å²) in [5.41, 5.74) is 3.56. The maximum Gasteiger partial charge on any atom is 0.250 e. The van der Waals surface area contributed by atoms with Crippen molar-refractivity contribution in [1.82, 2.24) is 9.78 Å². The fourth-order valence-electron chi connectivity index (χ4n) is 2.46. The van der Waals surface area contributed by atoms with Gasteiger partial charge in [0.25, 0.3) is 5.91 Å². The number of hydrogen-bond acceptors (Lipinski definition) is 2. The van der Waals surface area contributed by atoms with E-state index in [0.717, 1.165) is 23.5 Å². The average molecular weight is 301 g/mol. The first-order valence-electron chi connectivity index (χ1n) is 7.20. The first-order valence-corrected chi connectivity index (χ1v) is 7.20. The van der Waals surface area contributed by atoms with Crippen LogP contribution in [0.25, 0.3) is 0 Å². The van der Waals surface area contributed by atoms with Crippen molar-refractivity contribution < 1.29 is 9.18 Å². The number of carbonyl (C=O) groups excluding carboxylic acids is 1. The normalized spacial score (nSPS) is 10.5. The van der Waals surface area contributed by atoms with Crippen molar-refractivity contribution in [1.29, 1.82) is 0 Å². The summed E-state index contributed by atoms with van der Waals surface area (Å²) in [6.07, 6.45) is 1.26. The van der Waals surface area contributed by atoms with E-state index in [4.69, 9.17) is 0 Å². The van der Waals surface area contributed by atoms with Gasteiger partial charge in [-0.05, 0) is 51.1 Å². The molecule has 0 saturated heterocycles. The number of halogens is 1. The fraction of sp³-hybridized carbons (Fsp3) is 0.294. The molecule has 2 aromatic rings. The highest BCUT2D eigenvalue weighted by Gasteiger charge is 2.19. The van der Waals surface area contributed by atoms with E-state index in [9.17, 15) is 9.18 Å². The van der Waals surface area contributed by atoms with E-state index in [1.54, 1.807) is 17.0 Å². The molecule has 0 saturated carbocycles. The Balaban J connectivity index is 2.39. The van der Waals surface area contributed by atoms with Crippen molar-refractivity contribution in [2.45, 2.75) is 33.9 Å². The number of aryl methyl sites for hydroxylation is 2. The molecule has 0 aliphatic carbocycles. The summed E-state index contributed by atoms with van der Waals surface area (Å²) in [6, 6.07) is 5.86. The van der Waals surface area contributed by atoms with Gasteiger partial charge in [-0.15, -0.1) is 0 Å². The van der Waals surface area contributed by atoms with Gasteiger partial charge in [0.2, 0.25) is 0 Å². The van der Waals surface area contributed by atoms with Gasteiger partial charge in [-0.2, -0.15) is 5.10 Å². The minimum Gasteiger partial charge on any atom is -0.304 e. The van der Waals surface area contributed by atoms with Crippen LogP contribution in [0.4, 0.5) is 10.1 Å². The summed E-state index contributed by atoms with van der Waals surface area (Å²) in [5, 5.41) is 4.47. The van der Waals surface area contributed by atoms with Gasteiger partial charge in [0.15, 0.2) is 0 Å². The lowest BCUT2D eigenvalue weighted by Gasteiger charge is -2.21. The van der Waals surface area contributed by atoms with Crippen LogP contribution in [0.3, 0.4) is 0 Å². The molecule has 1 aromatic carbocycles. The zero-order valence-electron chi connectivity index (χ0n) is 13.1. The second kappa shape index (κ2) is 6.56. The van der Waals surface area contributed by atoms with Crippen LogP contribution >= 0.6 is 0 Å². The van der Waals surface area contributed by atoms with E-state index in [1.807, 2.05) is 25.5 Å². The Morgan fingerprint density at radius 2 is 2.00 bits per heavy atom. The van der Waals surface area contributed by atoms with Crippen LogP contribution < -0.4 is 4.90 Å². The third kappa shape index (κ3) is 3.08. The van der Waals surface area contributed by atoms with E-state index in [1.165, 1.54) is 18.2 Å². The third-order valence-electron chi connectivity index (χ3n) is 3.73. The molecule has 0 atom stereocenters. The lowest BCUT2D eigenvalue weighted by Crippen LogP contribution is -2.29. The van der Waals surface area contributed by atoms with Crippen LogP contribution in [0.15, 0.2) is 36.9 Å².